The van der Waals surface area contributed by atoms with Gasteiger partial charge in [0.2, 0.25) is 11.8 Å². The molecule has 0 bridgehead atoms. The maximum absolute atomic E-state index is 14.2. The number of halogens is 1. The van der Waals surface area contributed by atoms with Gasteiger partial charge in [-0.2, -0.15) is 0 Å². The van der Waals surface area contributed by atoms with Crippen molar-refractivity contribution in [3.63, 3.8) is 0 Å². The molecule has 0 unspecified atom stereocenters. The van der Waals surface area contributed by atoms with Gasteiger partial charge in [-0.3, -0.25) is 24.6 Å². The molecule has 3 aromatic rings. The fourth-order valence-corrected chi connectivity index (χ4v) is 4.59. The first-order valence-corrected chi connectivity index (χ1v) is 11.7. The van der Waals surface area contributed by atoms with Gasteiger partial charge in [-0.25, -0.2) is 9.37 Å². The van der Waals surface area contributed by atoms with Crippen molar-refractivity contribution in [2.24, 2.45) is 0 Å². The molecule has 1 aliphatic rings. The highest BCUT2D eigenvalue weighted by Gasteiger charge is 2.22. The molecule has 4 rings (SSSR count). The van der Waals surface area contributed by atoms with Crippen LogP contribution >= 0.6 is 11.3 Å². The van der Waals surface area contributed by atoms with Gasteiger partial charge in [0.25, 0.3) is 5.69 Å². The zero-order chi connectivity index (χ0) is 24.9. The van der Waals surface area contributed by atoms with E-state index in [2.05, 4.69) is 4.98 Å². The van der Waals surface area contributed by atoms with Crippen molar-refractivity contribution in [1.29, 1.82) is 0 Å². The number of nitro groups is 1. The minimum Gasteiger partial charge on any atom is -0.368 e. The van der Waals surface area contributed by atoms with Gasteiger partial charge in [-0.05, 0) is 24.3 Å². The van der Waals surface area contributed by atoms with E-state index in [0.29, 0.717) is 37.0 Å². The predicted molar refractivity (Wildman–Crippen MR) is 132 cm³/mol. The summed E-state index contributed by atoms with van der Waals surface area (Å²) in [5.74, 6) is -1.09. The molecule has 1 saturated heterocycles. The molecule has 2 aromatic carbocycles. The Labute approximate surface area is 204 Å². The number of amides is 2. The lowest BCUT2D eigenvalue weighted by atomic mass is 10.2. The van der Waals surface area contributed by atoms with Gasteiger partial charge in [-0.15, -0.1) is 11.3 Å². The first-order valence-electron chi connectivity index (χ1n) is 10.8. The zero-order valence-corrected chi connectivity index (χ0v) is 19.7. The number of hydrogen-bond acceptors (Lipinski definition) is 7. The number of anilines is 3. The first kappa shape index (κ1) is 24.0. The lowest BCUT2D eigenvalue weighted by Gasteiger charge is -2.35. The molecule has 1 aliphatic heterocycles. The third kappa shape index (κ3) is 5.52. The third-order valence-corrected chi connectivity index (χ3v) is 6.35. The van der Waals surface area contributed by atoms with Crippen LogP contribution < -0.4 is 9.80 Å². The maximum Gasteiger partial charge on any atom is 0.271 e. The van der Waals surface area contributed by atoms with E-state index in [9.17, 15) is 24.1 Å². The smallest absolute Gasteiger partial charge is 0.271 e. The van der Waals surface area contributed by atoms with Gasteiger partial charge in [0.05, 0.1) is 16.3 Å². The second kappa shape index (κ2) is 10.4. The van der Waals surface area contributed by atoms with Crippen LogP contribution in [0.3, 0.4) is 0 Å². The summed E-state index contributed by atoms with van der Waals surface area (Å²) in [7, 11) is 0. The molecular formula is C24H22FN5O4S. The quantitative estimate of drug-likeness (QED) is 0.288. The fraction of sp³-hybridized carbons (Fsp3) is 0.208. The Hall–Kier alpha value is -4.12. The number of benzene rings is 2. The van der Waals surface area contributed by atoms with E-state index in [-0.39, 0.29) is 23.2 Å². The molecule has 0 radical (unpaired) electrons. The van der Waals surface area contributed by atoms with E-state index in [4.69, 9.17) is 0 Å². The number of para-hydroxylation sites is 1. The second-order valence-corrected chi connectivity index (χ2v) is 8.62. The number of piperazine rings is 1. The molecule has 11 heteroatoms. The molecule has 180 valence electrons. The minimum absolute atomic E-state index is 0.0323. The number of nitrogens with zero attached hydrogens (tertiary/aromatic N) is 5. The van der Waals surface area contributed by atoms with Gasteiger partial charge >= 0.3 is 0 Å². The Morgan fingerprint density at radius 1 is 1.14 bits per heavy atom. The van der Waals surface area contributed by atoms with Crippen molar-refractivity contribution in [1.82, 2.24) is 9.88 Å². The summed E-state index contributed by atoms with van der Waals surface area (Å²) in [6, 6.07) is 12.4. The average molecular weight is 496 g/mol. The van der Waals surface area contributed by atoms with E-state index in [1.807, 2.05) is 11.0 Å². The van der Waals surface area contributed by atoms with Crippen LogP contribution in [0.15, 0.2) is 60.0 Å². The number of carbonyl (C=O) groups excluding carboxylic acids is 2. The summed E-state index contributed by atoms with van der Waals surface area (Å²) in [6.07, 6.45) is 2.98. The van der Waals surface area contributed by atoms with Crippen molar-refractivity contribution < 1.29 is 18.9 Å². The highest BCUT2D eigenvalue weighted by molar-refractivity contribution is 7.14. The van der Waals surface area contributed by atoms with Gasteiger partial charge in [0, 0.05) is 62.4 Å². The Bertz CT molecular complexity index is 1290. The van der Waals surface area contributed by atoms with Gasteiger partial charge in [0.1, 0.15) is 5.82 Å². The number of thiazole rings is 1. The van der Waals surface area contributed by atoms with Crippen LogP contribution in [0.2, 0.25) is 0 Å². The monoisotopic (exact) mass is 495 g/mol. The molecule has 0 N–H and O–H groups in total. The van der Waals surface area contributed by atoms with Crippen LogP contribution in [0.4, 0.5) is 26.6 Å². The average Bonchev–Trinajstić information content (AvgIpc) is 3.32. The summed E-state index contributed by atoms with van der Waals surface area (Å²) in [5, 5.41) is 13.0. The van der Waals surface area contributed by atoms with Gasteiger partial charge in [-0.1, -0.05) is 18.2 Å². The first-order chi connectivity index (χ1) is 16.8. The highest BCUT2D eigenvalue weighted by atomic mass is 32.1. The van der Waals surface area contributed by atoms with E-state index in [0.717, 1.165) is 5.69 Å². The Morgan fingerprint density at radius 2 is 1.89 bits per heavy atom. The molecule has 0 saturated carbocycles. The molecule has 2 amide bonds. The Kier molecular flexibility index (Phi) is 7.16. The van der Waals surface area contributed by atoms with Crippen LogP contribution in [0.5, 0.6) is 0 Å². The molecule has 1 aromatic heterocycles. The number of hydrogen-bond donors (Lipinski definition) is 0. The molecule has 35 heavy (non-hydrogen) atoms. The third-order valence-electron chi connectivity index (χ3n) is 5.50. The van der Waals surface area contributed by atoms with Crippen molar-refractivity contribution >= 4 is 51.4 Å². The number of non-ortho nitro benzene ring substituents is 1. The topological polar surface area (TPSA) is 99.9 Å². The molecule has 0 atom stereocenters. The number of nitro benzene ring substituents is 1. The van der Waals surface area contributed by atoms with Crippen molar-refractivity contribution in [3.05, 3.63) is 81.6 Å². The summed E-state index contributed by atoms with van der Waals surface area (Å²) in [6.45, 7) is 3.38. The van der Waals surface area contributed by atoms with E-state index in [1.54, 1.807) is 34.6 Å². The van der Waals surface area contributed by atoms with Crippen LogP contribution in [0, 0.1) is 15.9 Å². The molecular weight excluding hydrogens is 473 g/mol. The van der Waals surface area contributed by atoms with E-state index in [1.165, 1.54) is 53.5 Å². The zero-order valence-electron chi connectivity index (χ0n) is 18.8. The maximum atomic E-state index is 14.2. The van der Waals surface area contributed by atoms with Crippen LogP contribution in [0.1, 0.15) is 12.6 Å². The summed E-state index contributed by atoms with van der Waals surface area (Å²) < 4.78 is 14.2. The molecule has 0 aliphatic carbocycles. The molecule has 9 nitrogen and oxygen atoms in total. The lowest BCUT2D eigenvalue weighted by Crippen LogP contribution is -2.48. The van der Waals surface area contributed by atoms with Crippen LogP contribution in [-0.2, 0) is 9.59 Å². The van der Waals surface area contributed by atoms with Gasteiger partial charge in [0.15, 0.2) is 5.13 Å². The lowest BCUT2D eigenvalue weighted by molar-refractivity contribution is -0.384. The fourth-order valence-electron chi connectivity index (χ4n) is 3.75. The van der Waals surface area contributed by atoms with Crippen LogP contribution in [-0.4, -0.2) is 52.8 Å². The summed E-state index contributed by atoms with van der Waals surface area (Å²) in [4.78, 5) is 44.7. The molecule has 0 spiro atoms. The number of rotatable bonds is 6. The van der Waals surface area contributed by atoms with Crippen molar-refractivity contribution in [2.45, 2.75) is 6.92 Å². The normalized spacial score (nSPS) is 13.8. The molecule has 2 heterocycles. The highest BCUT2D eigenvalue weighted by Crippen LogP contribution is 2.31. The standard InChI is InChI=1S/C24H22FN5O4S/c1-17(31)29(22-8-3-2-7-21(22)25)24-26-18(16-35-24)9-10-23(32)28-13-11-27(12-14-28)19-5-4-6-20(15-19)30(33)34/h2-10,15-16H,11-14H2,1H3/b10-9+. The van der Waals surface area contributed by atoms with E-state index >= 15 is 0 Å². The van der Waals surface area contributed by atoms with Gasteiger partial charge < -0.3 is 9.80 Å². The number of carbonyl (C=O) groups is 2. The predicted octanol–water partition coefficient (Wildman–Crippen LogP) is 4.24. The Balaban J connectivity index is 1.39. The summed E-state index contributed by atoms with van der Waals surface area (Å²) >= 11 is 1.17. The Morgan fingerprint density at radius 3 is 2.57 bits per heavy atom. The second-order valence-electron chi connectivity index (χ2n) is 7.78. The number of aromatic nitrogens is 1. The van der Waals surface area contributed by atoms with Crippen LogP contribution in [0.25, 0.3) is 6.08 Å². The summed E-state index contributed by atoms with van der Waals surface area (Å²) in [5.41, 5.74) is 1.38. The van der Waals surface area contributed by atoms with E-state index < -0.39 is 10.7 Å². The minimum atomic E-state index is -0.533. The SMILES string of the molecule is CC(=O)N(c1nc(/C=C/C(=O)N2CCN(c3cccc([N+](=O)[O-])c3)CC2)cs1)c1ccccc1F. The van der Waals surface area contributed by atoms with Crippen molar-refractivity contribution in [2.75, 3.05) is 36.0 Å². The largest absolute Gasteiger partial charge is 0.368 e. The molecule has 1 fully saturated rings. The van der Waals surface area contributed by atoms with Crippen molar-refractivity contribution in [3.8, 4) is 0 Å².